The van der Waals surface area contributed by atoms with Gasteiger partial charge in [0.1, 0.15) is 0 Å². The van der Waals surface area contributed by atoms with Gasteiger partial charge < -0.3 is 30.1 Å². The lowest BCUT2D eigenvalue weighted by Gasteiger charge is -2.32. The molecule has 0 spiro atoms. The lowest BCUT2D eigenvalue weighted by atomic mass is 10.1. The predicted molar refractivity (Wildman–Crippen MR) is 105 cm³/mol. The first-order valence-electron chi connectivity index (χ1n) is 9.92. The maximum atomic E-state index is 11.8. The van der Waals surface area contributed by atoms with Crippen LogP contribution in [0.3, 0.4) is 0 Å². The topological polar surface area (TPSA) is 72.4 Å². The molecule has 0 saturated carbocycles. The Morgan fingerprint density at radius 2 is 1.92 bits per heavy atom. The molecule has 0 unspecified atom stereocenters. The minimum Gasteiger partial charge on any atom is -0.450 e. The van der Waals surface area contributed by atoms with Gasteiger partial charge in [0.25, 0.3) is 0 Å². The Bertz CT molecular complexity index is 451. The average Bonchev–Trinajstić information content (AvgIpc) is 2.86. The molecule has 0 radical (unpaired) electrons. The van der Waals surface area contributed by atoms with Crippen molar-refractivity contribution in [2.45, 2.75) is 32.2 Å². The van der Waals surface area contributed by atoms with Crippen molar-refractivity contribution in [2.24, 2.45) is 4.99 Å². The van der Waals surface area contributed by atoms with E-state index in [0.717, 1.165) is 58.1 Å². The van der Waals surface area contributed by atoms with Crippen LogP contribution in [0.15, 0.2) is 4.99 Å². The van der Waals surface area contributed by atoms with Gasteiger partial charge in [0.2, 0.25) is 0 Å². The van der Waals surface area contributed by atoms with Crippen molar-refractivity contribution in [3.05, 3.63) is 0 Å². The van der Waals surface area contributed by atoms with Crippen LogP contribution in [0.25, 0.3) is 0 Å². The number of likely N-dealkylation sites (N-methyl/N-ethyl adjacent to an activating group) is 1. The number of amides is 1. The largest absolute Gasteiger partial charge is 0.450 e. The number of hydrogen-bond donors (Lipinski definition) is 2. The van der Waals surface area contributed by atoms with Gasteiger partial charge in [0.05, 0.1) is 6.61 Å². The summed E-state index contributed by atoms with van der Waals surface area (Å²) in [7, 11) is 4.00. The molecule has 2 heterocycles. The van der Waals surface area contributed by atoms with Crippen LogP contribution in [0.4, 0.5) is 4.79 Å². The number of piperidine rings is 1. The van der Waals surface area contributed by atoms with E-state index < -0.39 is 0 Å². The quantitative estimate of drug-likeness (QED) is 0.541. The molecule has 0 aromatic carbocycles. The van der Waals surface area contributed by atoms with Crippen molar-refractivity contribution in [3.63, 3.8) is 0 Å². The Morgan fingerprint density at radius 3 is 2.62 bits per heavy atom. The molecular formula is C18H36N6O2. The van der Waals surface area contributed by atoms with Gasteiger partial charge in [-0.3, -0.25) is 4.99 Å². The maximum absolute atomic E-state index is 11.8. The Kier molecular flexibility index (Phi) is 8.97. The van der Waals surface area contributed by atoms with Crippen LogP contribution in [0.1, 0.15) is 26.2 Å². The van der Waals surface area contributed by atoms with Crippen LogP contribution in [0.5, 0.6) is 0 Å². The summed E-state index contributed by atoms with van der Waals surface area (Å²) in [5, 5.41) is 6.92. The summed E-state index contributed by atoms with van der Waals surface area (Å²) in [5.74, 6) is 0.853. The molecule has 2 aliphatic rings. The average molecular weight is 369 g/mol. The van der Waals surface area contributed by atoms with Crippen molar-refractivity contribution in [1.29, 1.82) is 0 Å². The van der Waals surface area contributed by atoms with Gasteiger partial charge in [0, 0.05) is 52.4 Å². The van der Waals surface area contributed by atoms with E-state index in [0.29, 0.717) is 12.6 Å². The third kappa shape index (κ3) is 6.99. The summed E-state index contributed by atoms with van der Waals surface area (Å²) in [4.78, 5) is 22.8. The van der Waals surface area contributed by atoms with E-state index in [1.807, 2.05) is 14.0 Å². The smallest absolute Gasteiger partial charge is 0.409 e. The van der Waals surface area contributed by atoms with Gasteiger partial charge >= 0.3 is 6.09 Å². The Balaban J connectivity index is 1.64. The van der Waals surface area contributed by atoms with Crippen molar-refractivity contribution < 1.29 is 9.53 Å². The van der Waals surface area contributed by atoms with Crippen LogP contribution in [0.2, 0.25) is 0 Å². The Hall–Kier alpha value is -1.54. The summed E-state index contributed by atoms with van der Waals surface area (Å²) in [5.41, 5.74) is 0. The van der Waals surface area contributed by atoms with E-state index >= 15 is 0 Å². The second kappa shape index (κ2) is 11.2. The molecule has 2 saturated heterocycles. The molecule has 2 rings (SSSR count). The predicted octanol–water partition coefficient (Wildman–Crippen LogP) is 0.410. The van der Waals surface area contributed by atoms with Crippen molar-refractivity contribution in [1.82, 2.24) is 25.3 Å². The van der Waals surface area contributed by atoms with Crippen molar-refractivity contribution in [2.75, 3.05) is 73.1 Å². The molecule has 1 amide bonds. The molecule has 2 N–H and O–H groups in total. The van der Waals surface area contributed by atoms with Gasteiger partial charge in [-0.05, 0) is 46.3 Å². The van der Waals surface area contributed by atoms with Gasteiger partial charge in [-0.25, -0.2) is 4.79 Å². The summed E-state index contributed by atoms with van der Waals surface area (Å²) in [6.07, 6.45) is 2.87. The molecule has 26 heavy (non-hydrogen) atoms. The Morgan fingerprint density at radius 1 is 1.15 bits per heavy atom. The first-order chi connectivity index (χ1) is 12.6. The molecule has 0 aliphatic carbocycles. The first-order valence-corrected chi connectivity index (χ1v) is 9.92. The van der Waals surface area contributed by atoms with Gasteiger partial charge in [-0.15, -0.1) is 0 Å². The minimum atomic E-state index is -0.198. The molecule has 0 atom stereocenters. The van der Waals surface area contributed by atoms with E-state index in [1.165, 1.54) is 19.5 Å². The van der Waals surface area contributed by atoms with Gasteiger partial charge in [-0.1, -0.05) is 0 Å². The Labute approximate surface area is 157 Å². The van der Waals surface area contributed by atoms with Gasteiger partial charge in [-0.2, -0.15) is 0 Å². The summed E-state index contributed by atoms with van der Waals surface area (Å²) < 4.78 is 5.07. The molecule has 2 fully saturated rings. The van der Waals surface area contributed by atoms with E-state index in [9.17, 15) is 4.79 Å². The number of ether oxygens (including phenoxy) is 1. The van der Waals surface area contributed by atoms with Crippen molar-refractivity contribution >= 4 is 12.1 Å². The molecule has 8 heteroatoms. The normalized spacial score (nSPS) is 21.3. The van der Waals surface area contributed by atoms with Crippen LogP contribution in [0, 0.1) is 0 Å². The number of carbonyl (C=O) groups is 1. The van der Waals surface area contributed by atoms with E-state index in [1.54, 1.807) is 4.90 Å². The zero-order valence-corrected chi connectivity index (χ0v) is 16.7. The second-order valence-electron chi connectivity index (χ2n) is 7.10. The summed E-state index contributed by atoms with van der Waals surface area (Å²) in [6.45, 7) is 10.3. The highest BCUT2D eigenvalue weighted by Gasteiger charge is 2.24. The van der Waals surface area contributed by atoms with Crippen molar-refractivity contribution in [3.8, 4) is 0 Å². The highest BCUT2D eigenvalue weighted by atomic mass is 16.6. The van der Waals surface area contributed by atoms with Crippen LogP contribution >= 0.6 is 0 Å². The number of hydrogen-bond acceptors (Lipinski definition) is 5. The van der Waals surface area contributed by atoms with E-state index in [-0.39, 0.29) is 6.09 Å². The molecule has 150 valence electrons. The fraction of sp³-hybridized carbons (Fsp3) is 0.889. The fourth-order valence-corrected chi connectivity index (χ4v) is 3.47. The lowest BCUT2D eigenvalue weighted by molar-refractivity contribution is 0.0963. The van der Waals surface area contributed by atoms with Crippen LogP contribution in [-0.4, -0.2) is 106 Å². The third-order valence-corrected chi connectivity index (χ3v) is 5.12. The summed E-state index contributed by atoms with van der Waals surface area (Å²) in [6, 6.07) is 0.346. The number of guanidine groups is 1. The second-order valence-corrected chi connectivity index (χ2v) is 7.10. The fourth-order valence-electron chi connectivity index (χ4n) is 3.47. The monoisotopic (exact) mass is 368 g/mol. The highest BCUT2D eigenvalue weighted by molar-refractivity contribution is 5.80. The maximum Gasteiger partial charge on any atom is 0.409 e. The van der Waals surface area contributed by atoms with E-state index in [2.05, 4.69) is 32.5 Å². The number of nitrogens with one attached hydrogen (secondary N) is 2. The number of nitrogens with zero attached hydrogens (tertiary/aromatic N) is 4. The summed E-state index contributed by atoms with van der Waals surface area (Å²) >= 11 is 0. The molecule has 0 aromatic rings. The number of carbonyl (C=O) groups excluding carboxylic acids is 1. The van der Waals surface area contributed by atoms with Crippen LogP contribution in [-0.2, 0) is 4.74 Å². The minimum absolute atomic E-state index is 0.198. The molecule has 0 bridgehead atoms. The zero-order chi connectivity index (χ0) is 18.8. The first kappa shape index (κ1) is 20.8. The van der Waals surface area contributed by atoms with E-state index in [4.69, 9.17) is 4.74 Å². The highest BCUT2D eigenvalue weighted by Crippen LogP contribution is 2.11. The number of rotatable bonds is 5. The zero-order valence-electron chi connectivity index (χ0n) is 16.7. The SMILES string of the molecule is CCOC(=O)N1CCC(NC(=NC)NCCN2CCCN(C)CC2)CC1. The van der Waals surface area contributed by atoms with Gasteiger partial charge in [0.15, 0.2) is 5.96 Å². The molecule has 0 aromatic heterocycles. The van der Waals surface area contributed by atoms with Crippen LogP contribution < -0.4 is 10.6 Å². The molecular weight excluding hydrogens is 332 g/mol. The number of aliphatic imine (C=N–C) groups is 1. The lowest BCUT2D eigenvalue weighted by Crippen LogP contribution is -2.50. The number of likely N-dealkylation sites (tertiary alicyclic amines) is 1. The third-order valence-electron chi connectivity index (χ3n) is 5.12. The molecule has 8 nitrogen and oxygen atoms in total. The standard InChI is InChI=1S/C18H36N6O2/c1-4-26-18(25)24-11-6-16(7-12-24)21-17(19-2)20-8-13-23-10-5-9-22(3)14-15-23/h16H,4-15H2,1-3H3,(H2,19,20,21). The molecule has 2 aliphatic heterocycles.